The van der Waals surface area contributed by atoms with Gasteiger partial charge in [0.25, 0.3) is 6.29 Å². The Morgan fingerprint density at radius 3 is 1.95 bits per heavy atom. The van der Waals surface area contributed by atoms with Gasteiger partial charge < -0.3 is 14.2 Å². The third kappa shape index (κ3) is 9.59. The van der Waals surface area contributed by atoms with Gasteiger partial charge in [0.15, 0.2) is 0 Å². The second-order valence-electron chi connectivity index (χ2n) is 14.0. The fourth-order valence-corrected chi connectivity index (χ4v) is 7.89. The molecule has 1 aliphatic heterocycles. The molecule has 4 nitrogen and oxygen atoms in total. The van der Waals surface area contributed by atoms with Gasteiger partial charge in [-0.2, -0.15) is 0 Å². The first-order valence-corrected chi connectivity index (χ1v) is 17.1. The summed E-state index contributed by atoms with van der Waals surface area (Å²) in [7, 11) is 0. The number of esters is 1. The molecular formula is C35H60O4. The van der Waals surface area contributed by atoms with Crippen molar-refractivity contribution < 1.29 is 19.0 Å². The van der Waals surface area contributed by atoms with Crippen LogP contribution in [0.5, 0.6) is 0 Å². The molecule has 0 amide bonds. The molecule has 4 fully saturated rings. The predicted molar refractivity (Wildman–Crippen MR) is 159 cm³/mol. The van der Waals surface area contributed by atoms with E-state index in [9.17, 15) is 4.79 Å². The average Bonchev–Trinajstić information content (AvgIpc) is 2.99. The van der Waals surface area contributed by atoms with Gasteiger partial charge in [0.1, 0.15) is 6.10 Å². The van der Waals surface area contributed by atoms with Crippen molar-refractivity contribution in [1.29, 1.82) is 0 Å². The van der Waals surface area contributed by atoms with Crippen molar-refractivity contribution in [2.24, 2.45) is 47.3 Å². The van der Waals surface area contributed by atoms with Crippen molar-refractivity contribution in [3.63, 3.8) is 0 Å². The van der Waals surface area contributed by atoms with E-state index >= 15 is 0 Å². The van der Waals surface area contributed by atoms with Crippen molar-refractivity contribution in [3.8, 4) is 0 Å². The first kappa shape index (κ1) is 31.1. The Kier molecular flexibility index (Phi) is 12.7. The highest BCUT2D eigenvalue weighted by Crippen LogP contribution is 2.43. The van der Waals surface area contributed by atoms with Gasteiger partial charge in [0.05, 0.1) is 13.2 Å². The fourth-order valence-electron chi connectivity index (χ4n) is 7.89. The van der Waals surface area contributed by atoms with E-state index in [4.69, 9.17) is 14.2 Å². The molecule has 0 aromatic carbocycles. The molecule has 0 aromatic heterocycles. The Balaban J connectivity index is 1.07. The van der Waals surface area contributed by atoms with Crippen LogP contribution in [0.3, 0.4) is 0 Å². The minimum atomic E-state index is -0.845. The highest BCUT2D eigenvalue weighted by atomic mass is 16.7. The third-order valence-electron chi connectivity index (χ3n) is 11.4. The van der Waals surface area contributed by atoms with Crippen LogP contribution in [-0.2, 0) is 19.0 Å². The highest BCUT2D eigenvalue weighted by molar-refractivity contribution is 5.73. The van der Waals surface area contributed by atoms with E-state index in [0.29, 0.717) is 19.1 Å². The van der Waals surface area contributed by atoms with Crippen molar-refractivity contribution in [3.05, 3.63) is 12.2 Å². The molecule has 1 heterocycles. The van der Waals surface area contributed by atoms with Crippen LogP contribution in [0.2, 0.25) is 0 Å². The van der Waals surface area contributed by atoms with Crippen LogP contribution < -0.4 is 0 Å². The second-order valence-corrected chi connectivity index (χ2v) is 14.0. The van der Waals surface area contributed by atoms with E-state index in [2.05, 4.69) is 39.8 Å². The zero-order chi connectivity index (χ0) is 27.6. The smallest absolute Gasteiger partial charge is 0.363 e. The number of rotatable bonds is 11. The lowest BCUT2D eigenvalue weighted by Gasteiger charge is -2.37. The number of ether oxygens (including phenoxy) is 3. The summed E-state index contributed by atoms with van der Waals surface area (Å²) in [6, 6.07) is 0. The largest absolute Gasteiger partial charge is 0.459 e. The molecule has 0 bridgehead atoms. The number of carbonyl (C=O) groups excluding carboxylic acids is 1. The van der Waals surface area contributed by atoms with Gasteiger partial charge in [-0.05, 0) is 106 Å². The summed E-state index contributed by atoms with van der Waals surface area (Å²) < 4.78 is 17.4. The average molecular weight is 545 g/mol. The van der Waals surface area contributed by atoms with Gasteiger partial charge in [-0.15, -0.1) is 0 Å². The van der Waals surface area contributed by atoms with Crippen LogP contribution >= 0.6 is 0 Å². The standard InChI is InChI=1S/C35H60O4/c1-5-25(3)7-8-27-11-15-31(16-12-27)32-17-13-28(14-18-32)9-10-29-23-37-35(38-24-29)34(36)39-33-21-19-30(20-22-33)26(4)6-2/h9-10,25-33,35H,5-8,11-24H2,1-4H3. The Morgan fingerprint density at radius 1 is 0.769 bits per heavy atom. The lowest BCUT2D eigenvalue weighted by atomic mass is 9.68. The monoisotopic (exact) mass is 544 g/mol. The molecule has 224 valence electrons. The minimum Gasteiger partial charge on any atom is -0.459 e. The van der Waals surface area contributed by atoms with Gasteiger partial charge in [-0.3, -0.25) is 0 Å². The zero-order valence-corrected chi connectivity index (χ0v) is 25.8. The summed E-state index contributed by atoms with van der Waals surface area (Å²) in [5.74, 6) is 6.01. The van der Waals surface area contributed by atoms with E-state index < -0.39 is 6.29 Å². The number of carbonyl (C=O) groups is 1. The van der Waals surface area contributed by atoms with Crippen molar-refractivity contribution in [1.82, 2.24) is 0 Å². The number of hydrogen-bond donors (Lipinski definition) is 0. The summed E-state index contributed by atoms with van der Waals surface area (Å²) in [5, 5.41) is 0. The van der Waals surface area contributed by atoms with E-state index in [1.165, 1.54) is 77.0 Å². The lowest BCUT2D eigenvalue weighted by molar-refractivity contribution is -0.222. The van der Waals surface area contributed by atoms with E-state index in [0.717, 1.165) is 61.2 Å². The summed E-state index contributed by atoms with van der Waals surface area (Å²) in [4.78, 5) is 12.6. The molecule has 4 aliphatic rings. The molecule has 0 aromatic rings. The summed E-state index contributed by atoms with van der Waals surface area (Å²) in [6.45, 7) is 10.5. The molecule has 1 saturated heterocycles. The molecule has 39 heavy (non-hydrogen) atoms. The van der Waals surface area contributed by atoms with Gasteiger partial charge >= 0.3 is 5.97 Å². The fraction of sp³-hybridized carbons (Fsp3) is 0.914. The normalized spacial score (nSPS) is 37.8. The van der Waals surface area contributed by atoms with Crippen LogP contribution in [-0.4, -0.2) is 31.6 Å². The topological polar surface area (TPSA) is 44.8 Å². The molecular weight excluding hydrogens is 484 g/mol. The van der Waals surface area contributed by atoms with Crippen LogP contribution in [0.25, 0.3) is 0 Å². The number of allylic oxidation sites excluding steroid dienone is 1. The van der Waals surface area contributed by atoms with Crippen LogP contribution in [0, 0.1) is 47.3 Å². The first-order valence-electron chi connectivity index (χ1n) is 17.1. The third-order valence-corrected chi connectivity index (χ3v) is 11.4. The van der Waals surface area contributed by atoms with Crippen molar-refractivity contribution in [2.45, 2.75) is 143 Å². The Morgan fingerprint density at radius 2 is 1.36 bits per heavy atom. The molecule has 2 atom stereocenters. The molecule has 0 N–H and O–H groups in total. The molecule has 2 unspecified atom stereocenters. The lowest BCUT2D eigenvalue weighted by Crippen LogP contribution is -2.40. The van der Waals surface area contributed by atoms with Gasteiger partial charge in [-0.1, -0.05) is 78.4 Å². The van der Waals surface area contributed by atoms with Gasteiger partial charge in [0.2, 0.25) is 0 Å². The quantitative estimate of drug-likeness (QED) is 0.192. The van der Waals surface area contributed by atoms with E-state index in [1.54, 1.807) is 0 Å². The van der Waals surface area contributed by atoms with E-state index in [1.807, 2.05) is 0 Å². The first-order chi connectivity index (χ1) is 18.9. The summed E-state index contributed by atoms with van der Waals surface area (Å²) >= 11 is 0. The maximum atomic E-state index is 12.6. The van der Waals surface area contributed by atoms with Crippen molar-refractivity contribution >= 4 is 5.97 Å². The van der Waals surface area contributed by atoms with Crippen LogP contribution in [0.4, 0.5) is 0 Å². The van der Waals surface area contributed by atoms with Gasteiger partial charge in [-0.25, -0.2) is 4.79 Å². The Hall–Kier alpha value is -0.870. The Labute approximate surface area is 240 Å². The SMILES string of the molecule is CCC(C)CCC1CCC(C2CCC(C=CC3COC(C(=O)OC4CCC(C(C)CC)CC4)OC3)CC2)CC1. The van der Waals surface area contributed by atoms with Gasteiger partial charge in [0, 0.05) is 5.92 Å². The van der Waals surface area contributed by atoms with Crippen LogP contribution in [0.1, 0.15) is 130 Å². The second kappa shape index (κ2) is 15.9. The predicted octanol–water partition coefficient (Wildman–Crippen LogP) is 9.12. The highest BCUT2D eigenvalue weighted by Gasteiger charge is 2.33. The van der Waals surface area contributed by atoms with Crippen molar-refractivity contribution in [2.75, 3.05) is 13.2 Å². The maximum absolute atomic E-state index is 12.6. The number of hydrogen-bond acceptors (Lipinski definition) is 4. The maximum Gasteiger partial charge on any atom is 0.363 e. The molecule has 0 radical (unpaired) electrons. The molecule has 4 rings (SSSR count). The molecule has 0 spiro atoms. The molecule has 3 aliphatic carbocycles. The Bertz CT molecular complexity index is 717. The summed E-state index contributed by atoms with van der Waals surface area (Å²) in [6.07, 6.45) is 25.0. The van der Waals surface area contributed by atoms with E-state index in [-0.39, 0.29) is 18.0 Å². The molecule has 4 heteroatoms. The zero-order valence-electron chi connectivity index (χ0n) is 25.8. The van der Waals surface area contributed by atoms with Crippen LogP contribution in [0.15, 0.2) is 12.2 Å². The summed E-state index contributed by atoms with van der Waals surface area (Å²) in [5.41, 5.74) is 0. The minimum absolute atomic E-state index is 0.0300. The molecule has 3 saturated carbocycles.